The molecule has 2 aromatic rings. The molecule has 0 unspecified atom stereocenters. The van der Waals surface area contributed by atoms with Crippen LogP contribution in [0, 0.1) is 0 Å². The molecule has 1 aliphatic heterocycles. The molecule has 1 saturated heterocycles. The number of amides is 2. The van der Waals surface area contributed by atoms with Crippen LogP contribution in [0.15, 0.2) is 58.3 Å². The summed E-state index contributed by atoms with van der Waals surface area (Å²) in [6.07, 6.45) is 0. The van der Waals surface area contributed by atoms with Crippen molar-refractivity contribution in [1.29, 1.82) is 0 Å². The number of hydrogen-bond donors (Lipinski definition) is 2. The van der Waals surface area contributed by atoms with Gasteiger partial charge in [0.1, 0.15) is 0 Å². The third-order valence-electron chi connectivity index (χ3n) is 5.11. The van der Waals surface area contributed by atoms with Crippen molar-refractivity contribution in [2.45, 2.75) is 16.7 Å². The highest BCUT2D eigenvalue weighted by Crippen LogP contribution is 2.20. The van der Waals surface area contributed by atoms with Gasteiger partial charge in [0.05, 0.1) is 9.79 Å². The van der Waals surface area contributed by atoms with Gasteiger partial charge < -0.3 is 10.2 Å². The van der Waals surface area contributed by atoms with E-state index in [1.54, 1.807) is 4.90 Å². The van der Waals surface area contributed by atoms with E-state index in [-0.39, 0.29) is 34.4 Å². The summed E-state index contributed by atoms with van der Waals surface area (Å²) in [5, 5.41) is 2.62. The molecule has 1 heterocycles. The third kappa shape index (κ3) is 5.15. The molecule has 172 valence electrons. The van der Waals surface area contributed by atoms with Crippen molar-refractivity contribution in [2.24, 2.45) is 0 Å². The number of nitrogens with one attached hydrogen (secondary N) is 2. The Kier molecular flexibility index (Phi) is 6.98. The number of piperazine rings is 1. The Labute approximate surface area is 187 Å². The summed E-state index contributed by atoms with van der Waals surface area (Å²) in [4.78, 5) is 25.7. The second-order valence-electron chi connectivity index (χ2n) is 7.12. The van der Waals surface area contributed by atoms with Crippen LogP contribution in [-0.2, 0) is 24.8 Å². The number of anilines is 1. The van der Waals surface area contributed by atoms with Gasteiger partial charge in [0.25, 0.3) is 5.91 Å². The number of sulfonamides is 2. The van der Waals surface area contributed by atoms with Crippen LogP contribution in [0.4, 0.5) is 5.69 Å². The lowest BCUT2D eigenvalue weighted by Crippen LogP contribution is -2.49. The van der Waals surface area contributed by atoms with Crippen molar-refractivity contribution in [3.05, 3.63) is 54.1 Å². The fraction of sp³-hybridized carbons (Fsp3) is 0.300. The van der Waals surface area contributed by atoms with Crippen LogP contribution in [0.25, 0.3) is 0 Å². The maximum Gasteiger partial charge on any atom is 0.255 e. The summed E-state index contributed by atoms with van der Waals surface area (Å²) in [5.41, 5.74) is 0.499. The van der Waals surface area contributed by atoms with E-state index in [0.717, 1.165) is 0 Å². The van der Waals surface area contributed by atoms with Gasteiger partial charge in [0.15, 0.2) is 0 Å². The number of benzene rings is 2. The third-order valence-corrected chi connectivity index (χ3v) is 8.43. The Hall–Kier alpha value is -2.80. The first-order chi connectivity index (χ1) is 15.0. The van der Waals surface area contributed by atoms with Crippen molar-refractivity contribution in [2.75, 3.05) is 38.5 Å². The highest BCUT2D eigenvalue weighted by Gasteiger charge is 2.29. The summed E-state index contributed by atoms with van der Waals surface area (Å²) in [6, 6.07) is 11.3. The molecule has 0 radical (unpaired) electrons. The molecular weight excluding hydrogens is 456 g/mol. The Morgan fingerprint density at radius 3 is 2.06 bits per heavy atom. The number of hydrogen-bond acceptors (Lipinski definition) is 6. The monoisotopic (exact) mass is 480 g/mol. The predicted molar refractivity (Wildman–Crippen MR) is 118 cm³/mol. The van der Waals surface area contributed by atoms with Crippen LogP contribution in [0.5, 0.6) is 0 Å². The van der Waals surface area contributed by atoms with E-state index in [1.165, 1.54) is 66.8 Å². The minimum Gasteiger partial charge on any atom is -0.340 e. The predicted octanol–water partition coefficient (Wildman–Crippen LogP) is 0.700. The van der Waals surface area contributed by atoms with E-state index in [1.807, 2.05) is 0 Å². The van der Waals surface area contributed by atoms with Crippen LogP contribution in [0.2, 0.25) is 0 Å². The molecule has 0 atom stereocenters. The molecule has 0 saturated carbocycles. The number of nitrogens with zero attached hydrogens (tertiary/aromatic N) is 2. The van der Waals surface area contributed by atoms with Crippen LogP contribution >= 0.6 is 0 Å². The SMILES string of the molecule is CNS(=O)(=O)c1ccc(NC(=O)c2cccc(S(=O)(=O)N3CCN(C(C)=O)CC3)c2)cc1. The zero-order valence-electron chi connectivity index (χ0n) is 17.6. The molecule has 3 rings (SSSR count). The van der Waals surface area contributed by atoms with Gasteiger partial charge >= 0.3 is 0 Å². The summed E-state index contributed by atoms with van der Waals surface area (Å²) < 4.78 is 53.1. The summed E-state index contributed by atoms with van der Waals surface area (Å²) in [7, 11) is -6.11. The zero-order chi connectivity index (χ0) is 23.5. The maximum atomic E-state index is 13.0. The van der Waals surface area contributed by atoms with Crippen molar-refractivity contribution >= 4 is 37.5 Å². The molecule has 2 N–H and O–H groups in total. The van der Waals surface area contributed by atoms with Gasteiger partial charge in [-0.1, -0.05) is 6.07 Å². The molecule has 2 amide bonds. The summed E-state index contributed by atoms with van der Waals surface area (Å²) in [6.45, 7) is 2.43. The smallest absolute Gasteiger partial charge is 0.255 e. The first-order valence-corrected chi connectivity index (χ1v) is 12.7. The van der Waals surface area contributed by atoms with Gasteiger partial charge in [0, 0.05) is 44.4 Å². The minimum atomic E-state index is -3.82. The van der Waals surface area contributed by atoms with Gasteiger partial charge in [0.2, 0.25) is 26.0 Å². The zero-order valence-corrected chi connectivity index (χ0v) is 19.2. The van der Waals surface area contributed by atoms with Crippen LogP contribution in [0.1, 0.15) is 17.3 Å². The Morgan fingerprint density at radius 1 is 0.875 bits per heavy atom. The lowest BCUT2D eigenvalue weighted by atomic mass is 10.2. The van der Waals surface area contributed by atoms with Crippen LogP contribution < -0.4 is 10.0 Å². The first-order valence-electron chi connectivity index (χ1n) is 9.75. The Bertz CT molecular complexity index is 1220. The molecule has 12 heteroatoms. The largest absolute Gasteiger partial charge is 0.340 e. The average molecular weight is 481 g/mol. The molecule has 0 aliphatic carbocycles. The van der Waals surface area contributed by atoms with Crippen LogP contribution in [0.3, 0.4) is 0 Å². The van der Waals surface area contributed by atoms with Crippen molar-refractivity contribution < 1.29 is 26.4 Å². The van der Waals surface area contributed by atoms with Crippen molar-refractivity contribution in [3.8, 4) is 0 Å². The van der Waals surface area contributed by atoms with Crippen molar-refractivity contribution in [3.63, 3.8) is 0 Å². The fourth-order valence-electron chi connectivity index (χ4n) is 3.23. The van der Waals surface area contributed by atoms with E-state index in [4.69, 9.17) is 0 Å². The van der Waals surface area contributed by atoms with Crippen LogP contribution in [-0.4, -0.2) is 71.1 Å². The highest BCUT2D eigenvalue weighted by atomic mass is 32.2. The second-order valence-corrected chi connectivity index (χ2v) is 10.9. The standard InChI is InChI=1S/C20H24N4O6S2/c1-15(25)23-10-12-24(13-11-23)32(29,30)19-5-3-4-16(14-19)20(26)22-17-6-8-18(9-7-17)31(27,28)21-2/h3-9,14,21H,10-13H2,1-2H3,(H,22,26). The molecule has 2 aromatic carbocycles. The van der Waals surface area contributed by atoms with Gasteiger partial charge in [-0.2, -0.15) is 4.31 Å². The second kappa shape index (κ2) is 9.36. The summed E-state index contributed by atoms with van der Waals surface area (Å²) >= 11 is 0. The van der Waals surface area contributed by atoms with E-state index in [0.29, 0.717) is 18.8 Å². The maximum absolute atomic E-state index is 13.0. The van der Waals surface area contributed by atoms with E-state index in [2.05, 4.69) is 10.0 Å². The van der Waals surface area contributed by atoms with Crippen molar-refractivity contribution in [1.82, 2.24) is 13.9 Å². The summed E-state index contributed by atoms with van der Waals surface area (Å²) in [5.74, 6) is -0.634. The molecule has 10 nitrogen and oxygen atoms in total. The van der Waals surface area contributed by atoms with E-state index >= 15 is 0 Å². The normalized spacial score (nSPS) is 15.4. The molecule has 0 aromatic heterocycles. The quantitative estimate of drug-likeness (QED) is 0.625. The lowest BCUT2D eigenvalue weighted by molar-refractivity contribution is -0.129. The van der Waals surface area contributed by atoms with Gasteiger partial charge in [-0.05, 0) is 49.5 Å². The topological polar surface area (TPSA) is 133 Å². The van der Waals surface area contributed by atoms with Gasteiger partial charge in [-0.25, -0.2) is 21.6 Å². The molecule has 0 bridgehead atoms. The number of carbonyl (C=O) groups is 2. The Balaban J connectivity index is 1.74. The Morgan fingerprint density at radius 2 is 1.50 bits per heavy atom. The first kappa shape index (κ1) is 23.9. The number of carbonyl (C=O) groups excluding carboxylic acids is 2. The van der Waals surface area contributed by atoms with E-state index in [9.17, 15) is 26.4 Å². The minimum absolute atomic E-state index is 0.0168. The molecule has 1 aliphatic rings. The van der Waals surface area contributed by atoms with E-state index < -0.39 is 26.0 Å². The molecule has 0 spiro atoms. The van der Waals surface area contributed by atoms with Gasteiger partial charge in [-0.3, -0.25) is 9.59 Å². The lowest BCUT2D eigenvalue weighted by Gasteiger charge is -2.33. The molecule has 32 heavy (non-hydrogen) atoms. The molecule has 1 fully saturated rings. The van der Waals surface area contributed by atoms with Gasteiger partial charge in [-0.15, -0.1) is 0 Å². The highest BCUT2D eigenvalue weighted by molar-refractivity contribution is 7.89. The average Bonchev–Trinajstić information content (AvgIpc) is 2.79. The number of rotatable bonds is 6. The fourth-order valence-corrected chi connectivity index (χ4v) is 5.43. The molecular formula is C20H24N4O6S2.